The second-order valence-corrected chi connectivity index (χ2v) is 6.83. The Morgan fingerprint density at radius 2 is 1.90 bits per heavy atom. The molecule has 20 heavy (non-hydrogen) atoms. The van der Waals surface area contributed by atoms with E-state index in [1.807, 2.05) is 12.1 Å². The molecule has 3 nitrogen and oxygen atoms in total. The minimum absolute atomic E-state index is 0.963. The quantitative estimate of drug-likeness (QED) is 0.698. The van der Waals surface area contributed by atoms with Crippen molar-refractivity contribution in [2.45, 2.75) is 13.0 Å². The van der Waals surface area contributed by atoms with Gasteiger partial charge >= 0.3 is 0 Å². The van der Waals surface area contributed by atoms with E-state index >= 15 is 0 Å². The summed E-state index contributed by atoms with van der Waals surface area (Å²) in [4.78, 5) is 5.06. The molecule has 0 saturated carbocycles. The summed E-state index contributed by atoms with van der Waals surface area (Å²) in [6, 6.07) is 6.23. The number of hydrogen-bond donors (Lipinski definition) is 0. The average Bonchev–Trinajstić information content (AvgIpc) is 2.65. The van der Waals surface area contributed by atoms with Crippen LogP contribution in [0.1, 0.15) is 12.0 Å². The van der Waals surface area contributed by atoms with E-state index in [0.717, 1.165) is 48.3 Å². The molecule has 1 aromatic carbocycles. The fourth-order valence-corrected chi connectivity index (χ4v) is 3.55. The molecule has 2 rings (SSSR count). The van der Waals surface area contributed by atoms with Crippen molar-refractivity contribution in [1.29, 1.82) is 0 Å². The van der Waals surface area contributed by atoms with E-state index < -0.39 is 0 Å². The molecular formula is C15H22Br2N2O. The summed E-state index contributed by atoms with van der Waals surface area (Å²) in [5.41, 5.74) is 1.26. The van der Waals surface area contributed by atoms with Crippen molar-refractivity contribution in [2.24, 2.45) is 0 Å². The summed E-state index contributed by atoms with van der Waals surface area (Å²) in [5, 5.41) is 1.06. The van der Waals surface area contributed by atoms with Gasteiger partial charge in [-0.15, -0.1) is 0 Å². The van der Waals surface area contributed by atoms with E-state index in [1.54, 1.807) is 7.11 Å². The highest BCUT2D eigenvalue weighted by Gasteiger charge is 2.16. The molecule has 1 heterocycles. The van der Waals surface area contributed by atoms with E-state index in [9.17, 15) is 0 Å². The Balaban J connectivity index is 1.97. The van der Waals surface area contributed by atoms with Crippen LogP contribution in [-0.4, -0.2) is 55.0 Å². The number of methoxy groups -OCH3 is 1. The van der Waals surface area contributed by atoms with Crippen LogP contribution in [-0.2, 0) is 6.54 Å². The maximum atomic E-state index is 5.47. The Labute approximate surface area is 138 Å². The molecule has 0 unspecified atom stereocenters. The van der Waals surface area contributed by atoms with Crippen molar-refractivity contribution in [3.05, 3.63) is 28.2 Å². The molecule has 1 fully saturated rings. The molecule has 0 amide bonds. The molecule has 0 spiro atoms. The fraction of sp³-hybridized carbons (Fsp3) is 0.600. The summed E-state index contributed by atoms with van der Waals surface area (Å²) < 4.78 is 6.58. The van der Waals surface area contributed by atoms with Crippen LogP contribution in [0.4, 0.5) is 0 Å². The largest absolute Gasteiger partial charge is 0.496 e. The van der Waals surface area contributed by atoms with E-state index in [4.69, 9.17) is 4.74 Å². The monoisotopic (exact) mass is 404 g/mol. The lowest BCUT2D eigenvalue weighted by atomic mass is 10.2. The number of nitrogens with zero attached hydrogens (tertiary/aromatic N) is 2. The number of benzene rings is 1. The summed E-state index contributed by atoms with van der Waals surface area (Å²) in [7, 11) is 1.74. The number of hydrogen-bond acceptors (Lipinski definition) is 3. The van der Waals surface area contributed by atoms with Gasteiger partial charge in [0.15, 0.2) is 0 Å². The molecule has 0 aromatic heterocycles. The molecule has 0 N–H and O–H groups in total. The molecule has 5 heteroatoms. The first-order valence-electron chi connectivity index (χ1n) is 7.06. The highest BCUT2D eigenvalue weighted by molar-refractivity contribution is 9.10. The SMILES string of the molecule is COc1ccc(Br)cc1CN1CCCN(CCBr)CC1. The third-order valence-electron chi connectivity index (χ3n) is 3.72. The second-order valence-electron chi connectivity index (χ2n) is 5.12. The van der Waals surface area contributed by atoms with E-state index in [1.165, 1.54) is 18.5 Å². The zero-order valence-corrected chi connectivity index (χ0v) is 15.1. The Hall–Kier alpha value is -0.100. The van der Waals surface area contributed by atoms with Gasteiger partial charge in [-0.25, -0.2) is 0 Å². The topological polar surface area (TPSA) is 15.7 Å². The molecule has 1 aromatic rings. The number of halogens is 2. The molecule has 0 bridgehead atoms. The van der Waals surface area contributed by atoms with Crippen molar-refractivity contribution in [2.75, 3.05) is 45.2 Å². The normalized spacial score (nSPS) is 17.9. The van der Waals surface area contributed by atoms with E-state index in [0.29, 0.717) is 0 Å². The first kappa shape index (κ1) is 16.3. The Morgan fingerprint density at radius 3 is 2.65 bits per heavy atom. The maximum absolute atomic E-state index is 5.47. The van der Waals surface area contributed by atoms with Crippen LogP contribution in [0.15, 0.2) is 22.7 Å². The van der Waals surface area contributed by atoms with Gasteiger partial charge in [-0.2, -0.15) is 0 Å². The van der Waals surface area contributed by atoms with E-state index in [-0.39, 0.29) is 0 Å². The third-order valence-corrected chi connectivity index (χ3v) is 4.57. The van der Waals surface area contributed by atoms with Crippen molar-refractivity contribution in [3.63, 3.8) is 0 Å². The Kier molecular flexibility index (Phi) is 6.81. The molecule has 0 aliphatic carbocycles. The van der Waals surface area contributed by atoms with Crippen LogP contribution in [0.25, 0.3) is 0 Å². The van der Waals surface area contributed by atoms with E-state index in [2.05, 4.69) is 47.7 Å². The van der Waals surface area contributed by atoms with Gasteiger partial charge in [0.05, 0.1) is 7.11 Å². The molecular weight excluding hydrogens is 384 g/mol. The Bertz CT molecular complexity index is 428. The minimum atomic E-state index is 0.963. The smallest absolute Gasteiger partial charge is 0.123 e. The average molecular weight is 406 g/mol. The molecule has 112 valence electrons. The summed E-state index contributed by atoms with van der Waals surface area (Å²) in [6.07, 6.45) is 1.24. The molecule has 1 aliphatic rings. The van der Waals surface area contributed by atoms with Crippen LogP contribution >= 0.6 is 31.9 Å². The van der Waals surface area contributed by atoms with Crippen LogP contribution in [0.2, 0.25) is 0 Å². The lowest BCUT2D eigenvalue weighted by Gasteiger charge is -2.22. The molecule has 0 radical (unpaired) electrons. The third kappa shape index (κ3) is 4.72. The van der Waals surface area contributed by atoms with Gasteiger partial charge in [-0.1, -0.05) is 31.9 Å². The Morgan fingerprint density at radius 1 is 1.15 bits per heavy atom. The first-order chi connectivity index (χ1) is 9.72. The summed E-state index contributed by atoms with van der Waals surface area (Å²) >= 11 is 7.08. The highest BCUT2D eigenvalue weighted by Crippen LogP contribution is 2.24. The molecule has 1 saturated heterocycles. The van der Waals surface area contributed by atoms with Gasteiger partial charge in [-0.05, 0) is 37.7 Å². The van der Waals surface area contributed by atoms with Gasteiger partial charge in [0, 0.05) is 41.5 Å². The first-order valence-corrected chi connectivity index (χ1v) is 8.97. The van der Waals surface area contributed by atoms with Crippen LogP contribution < -0.4 is 4.74 Å². The lowest BCUT2D eigenvalue weighted by molar-refractivity contribution is 0.255. The van der Waals surface area contributed by atoms with Gasteiger partial charge in [0.25, 0.3) is 0 Å². The maximum Gasteiger partial charge on any atom is 0.123 e. The van der Waals surface area contributed by atoms with Gasteiger partial charge < -0.3 is 9.64 Å². The van der Waals surface area contributed by atoms with Gasteiger partial charge in [-0.3, -0.25) is 4.90 Å². The molecule has 0 atom stereocenters. The number of alkyl halides is 1. The van der Waals surface area contributed by atoms with Crippen molar-refractivity contribution >= 4 is 31.9 Å². The van der Waals surface area contributed by atoms with Crippen LogP contribution in [0.5, 0.6) is 5.75 Å². The second kappa shape index (κ2) is 8.37. The number of ether oxygens (including phenoxy) is 1. The van der Waals surface area contributed by atoms with Crippen LogP contribution in [0.3, 0.4) is 0 Å². The predicted octanol–water partition coefficient (Wildman–Crippen LogP) is 3.36. The number of rotatable bonds is 5. The standard InChI is InChI=1S/C15H22Br2N2O/c1-20-15-4-3-14(17)11-13(15)12-19-7-2-6-18(8-5-16)9-10-19/h3-4,11H,2,5-10,12H2,1H3. The van der Waals surface area contributed by atoms with Gasteiger partial charge in [0.1, 0.15) is 5.75 Å². The zero-order valence-electron chi connectivity index (χ0n) is 11.9. The summed E-state index contributed by atoms with van der Waals surface area (Å²) in [5.74, 6) is 0.981. The fourth-order valence-electron chi connectivity index (χ4n) is 2.64. The van der Waals surface area contributed by atoms with Crippen molar-refractivity contribution in [3.8, 4) is 5.75 Å². The lowest BCUT2D eigenvalue weighted by Crippen LogP contribution is -2.31. The molecule has 1 aliphatic heterocycles. The zero-order chi connectivity index (χ0) is 14.4. The van der Waals surface area contributed by atoms with Crippen LogP contribution in [0, 0.1) is 0 Å². The van der Waals surface area contributed by atoms with Crippen molar-refractivity contribution in [1.82, 2.24) is 9.80 Å². The van der Waals surface area contributed by atoms with Crippen molar-refractivity contribution < 1.29 is 4.74 Å². The minimum Gasteiger partial charge on any atom is -0.496 e. The predicted molar refractivity (Wildman–Crippen MR) is 90.8 cm³/mol. The van der Waals surface area contributed by atoms with Gasteiger partial charge in [0.2, 0.25) is 0 Å². The highest BCUT2D eigenvalue weighted by atomic mass is 79.9. The summed E-state index contributed by atoms with van der Waals surface area (Å²) in [6.45, 7) is 6.76.